The van der Waals surface area contributed by atoms with Crippen molar-refractivity contribution >= 4 is 0 Å². The zero-order valence-corrected chi connectivity index (χ0v) is 28.0. The van der Waals surface area contributed by atoms with E-state index in [1.165, 1.54) is 12.8 Å². The van der Waals surface area contributed by atoms with Crippen LogP contribution in [0.3, 0.4) is 0 Å². The van der Waals surface area contributed by atoms with Crippen LogP contribution in [0.25, 0.3) is 0 Å². The van der Waals surface area contributed by atoms with Gasteiger partial charge in [-0.2, -0.15) is 0 Å². The van der Waals surface area contributed by atoms with Crippen molar-refractivity contribution in [3.8, 4) is 17.2 Å². The zero-order valence-electron chi connectivity index (χ0n) is 28.0. The molecule has 0 N–H and O–H groups in total. The van der Waals surface area contributed by atoms with Gasteiger partial charge in [0.15, 0.2) is 0 Å². The Balaban J connectivity index is 0. The molecule has 0 aromatic heterocycles. The number of benzene rings is 3. The van der Waals surface area contributed by atoms with Crippen LogP contribution in [0.5, 0.6) is 17.2 Å². The molecule has 0 saturated carbocycles. The van der Waals surface area contributed by atoms with E-state index in [1.807, 2.05) is 93.6 Å². The normalized spacial score (nSPS) is 9.29. The van der Waals surface area contributed by atoms with Gasteiger partial charge < -0.3 is 28.4 Å². The van der Waals surface area contributed by atoms with Gasteiger partial charge in [-0.15, -0.1) is 0 Å². The predicted octanol–water partition coefficient (Wildman–Crippen LogP) is 8.89. The predicted molar refractivity (Wildman–Crippen MR) is 178 cm³/mol. The molecule has 238 valence electrons. The highest BCUT2D eigenvalue weighted by atomic mass is 16.5. The first kappa shape index (κ1) is 41.1. The first-order chi connectivity index (χ1) is 20.4. The lowest BCUT2D eigenvalue weighted by atomic mass is 10.2. The van der Waals surface area contributed by atoms with E-state index in [0.29, 0.717) is 39.6 Å². The molecular weight excluding hydrogens is 528 g/mol. The molecule has 0 spiro atoms. The van der Waals surface area contributed by atoms with E-state index >= 15 is 0 Å². The first-order valence-corrected chi connectivity index (χ1v) is 14.9. The molecule has 0 amide bonds. The van der Waals surface area contributed by atoms with Crippen molar-refractivity contribution < 1.29 is 28.4 Å². The number of hydrogen-bond acceptors (Lipinski definition) is 6. The fourth-order valence-electron chi connectivity index (χ4n) is 2.86. The van der Waals surface area contributed by atoms with Crippen molar-refractivity contribution in [3.63, 3.8) is 0 Å². The van der Waals surface area contributed by atoms with Gasteiger partial charge in [0.1, 0.15) is 37.1 Å². The molecular formula is C36H58O6. The minimum Gasteiger partial charge on any atom is -0.491 e. The van der Waals surface area contributed by atoms with Gasteiger partial charge in [-0.05, 0) is 55.7 Å². The second kappa shape index (κ2) is 30.9. The summed E-state index contributed by atoms with van der Waals surface area (Å²) >= 11 is 0. The van der Waals surface area contributed by atoms with Crippen molar-refractivity contribution in [1.82, 2.24) is 0 Å². The molecule has 3 rings (SSSR count). The van der Waals surface area contributed by atoms with Gasteiger partial charge >= 0.3 is 0 Å². The van der Waals surface area contributed by atoms with Crippen molar-refractivity contribution in [2.75, 3.05) is 61.0 Å². The molecule has 0 atom stereocenters. The van der Waals surface area contributed by atoms with Crippen LogP contribution in [0.1, 0.15) is 57.2 Å². The largest absolute Gasteiger partial charge is 0.491 e. The maximum atomic E-state index is 5.45. The fourth-order valence-corrected chi connectivity index (χ4v) is 2.86. The van der Waals surface area contributed by atoms with Crippen LogP contribution in [0.4, 0.5) is 0 Å². The number of rotatable bonds is 12. The molecule has 6 nitrogen and oxygen atoms in total. The lowest BCUT2D eigenvalue weighted by molar-refractivity contribution is 0.146. The topological polar surface area (TPSA) is 55.4 Å². The molecule has 0 radical (unpaired) electrons. The van der Waals surface area contributed by atoms with E-state index < -0.39 is 0 Å². The molecule has 0 aliphatic carbocycles. The minimum atomic E-state index is 0.612. The van der Waals surface area contributed by atoms with Gasteiger partial charge in [0.25, 0.3) is 0 Å². The maximum absolute atomic E-state index is 5.45. The zero-order chi connectivity index (χ0) is 31.8. The molecule has 0 fully saturated rings. The maximum Gasteiger partial charge on any atom is 0.122 e. The summed E-state index contributed by atoms with van der Waals surface area (Å²) in [5, 5.41) is 0. The summed E-state index contributed by atoms with van der Waals surface area (Å²) in [5.74, 6) is 2.82. The number of ether oxygens (including phenoxy) is 6. The Morgan fingerprint density at radius 3 is 0.786 bits per heavy atom. The fraction of sp³-hybridized carbons (Fsp3) is 0.500. The van der Waals surface area contributed by atoms with Crippen LogP contribution in [0.2, 0.25) is 0 Å². The van der Waals surface area contributed by atoms with Crippen LogP contribution in [-0.2, 0) is 14.2 Å². The summed E-state index contributed by atoms with van der Waals surface area (Å²) in [6, 6.07) is 23.9. The lowest BCUT2D eigenvalue weighted by Gasteiger charge is -2.07. The molecule has 0 unspecified atom stereocenters. The highest BCUT2D eigenvalue weighted by Crippen LogP contribution is 2.17. The summed E-state index contributed by atoms with van der Waals surface area (Å²) in [6.45, 7) is 18.3. The highest BCUT2D eigenvalue weighted by molar-refractivity contribution is 5.33. The summed E-state index contributed by atoms with van der Waals surface area (Å²) in [4.78, 5) is 0. The van der Waals surface area contributed by atoms with E-state index in [9.17, 15) is 0 Å². The smallest absolute Gasteiger partial charge is 0.122 e. The lowest BCUT2D eigenvalue weighted by Crippen LogP contribution is -2.04. The third-order valence-electron chi connectivity index (χ3n) is 4.92. The molecule has 0 saturated heterocycles. The Morgan fingerprint density at radius 1 is 0.381 bits per heavy atom. The van der Waals surface area contributed by atoms with E-state index in [1.54, 1.807) is 21.3 Å². The van der Waals surface area contributed by atoms with Crippen LogP contribution in [0.15, 0.2) is 72.8 Å². The SMILES string of the molecule is CCC.CCC.COCCOc1ccccc1C.COCCOc1ccccc1C.COCCOc1ccccc1C. The van der Waals surface area contributed by atoms with E-state index in [4.69, 9.17) is 28.4 Å². The second-order valence-corrected chi connectivity index (χ2v) is 9.23. The van der Waals surface area contributed by atoms with Gasteiger partial charge in [-0.25, -0.2) is 0 Å². The Hall–Kier alpha value is -3.06. The second-order valence-electron chi connectivity index (χ2n) is 9.23. The molecule has 3 aromatic carbocycles. The number of aryl methyl sites for hydroxylation is 3. The van der Waals surface area contributed by atoms with E-state index in [0.717, 1.165) is 33.9 Å². The molecule has 0 bridgehead atoms. The molecule has 0 heterocycles. The Labute approximate surface area is 257 Å². The van der Waals surface area contributed by atoms with Gasteiger partial charge in [0, 0.05) is 21.3 Å². The molecule has 42 heavy (non-hydrogen) atoms. The first-order valence-electron chi connectivity index (χ1n) is 14.9. The van der Waals surface area contributed by atoms with Crippen LogP contribution >= 0.6 is 0 Å². The Kier molecular flexibility index (Phi) is 30.2. The summed E-state index contributed by atoms with van der Waals surface area (Å²) < 4.78 is 31.0. The van der Waals surface area contributed by atoms with E-state index in [-0.39, 0.29) is 0 Å². The van der Waals surface area contributed by atoms with Crippen molar-refractivity contribution in [2.24, 2.45) is 0 Å². The molecule has 0 aliphatic heterocycles. The van der Waals surface area contributed by atoms with Crippen molar-refractivity contribution in [2.45, 2.75) is 61.3 Å². The molecule has 0 aliphatic rings. The summed E-state index contributed by atoms with van der Waals surface area (Å²) in [5.41, 5.74) is 3.48. The highest BCUT2D eigenvalue weighted by Gasteiger charge is 1.97. The number of para-hydroxylation sites is 3. The Morgan fingerprint density at radius 2 is 0.595 bits per heavy atom. The van der Waals surface area contributed by atoms with Crippen LogP contribution < -0.4 is 14.2 Å². The standard InChI is InChI=1S/3C10H14O2.2C3H8/c3*1-9-5-3-4-6-10(9)12-8-7-11-2;2*1-3-2/h3*3-6H,7-8H2,1-2H3;2*3H2,1-2H3. The van der Waals surface area contributed by atoms with Crippen LogP contribution in [0, 0.1) is 20.8 Å². The van der Waals surface area contributed by atoms with Gasteiger partial charge in [-0.3, -0.25) is 0 Å². The minimum absolute atomic E-state index is 0.612. The molecule has 6 heteroatoms. The van der Waals surface area contributed by atoms with Crippen molar-refractivity contribution in [3.05, 3.63) is 89.5 Å². The van der Waals surface area contributed by atoms with Gasteiger partial charge in [-0.1, -0.05) is 95.1 Å². The monoisotopic (exact) mass is 586 g/mol. The average molecular weight is 587 g/mol. The number of hydrogen-bond donors (Lipinski definition) is 0. The van der Waals surface area contributed by atoms with Crippen molar-refractivity contribution in [1.29, 1.82) is 0 Å². The third-order valence-corrected chi connectivity index (χ3v) is 4.92. The summed E-state index contributed by atoms with van der Waals surface area (Å²) in [6.07, 6.45) is 2.50. The summed E-state index contributed by atoms with van der Waals surface area (Å²) in [7, 11) is 5.00. The average Bonchev–Trinajstić information content (AvgIpc) is 2.98. The molecule has 3 aromatic rings. The number of methoxy groups -OCH3 is 3. The van der Waals surface area contributed by atoms with E-state index in [2.05, 4.69) is 27.7 Å². The van der Waals surface area contributed by atoms with Gasteiger partial charge in [0.05, 0.1) is 19.8 Å². The quantitative estimate of drug-likeness (QED) is 0.198. The third kappa shape index (κ3) is 23.6. The Bertz CT molecular complexity index is 852. The van der Waals surface area contributed by atoms with Gasteiger partial charge in [0.2, 0.25) is 0 Å². The van der Waals surface area contributed by atoms with Crippen LogP contribution in [-0.4, -0.2) is 61.0 Å².